The molecule has 2 rings (SSSR count). The summed E-state index contributed by atoms with van der Waals surface area (Å²) in [6, 6.07) is 8.87. The summed E-state index contributed by atoms with van der Waals surface area (Å²) in [6.45, 7) is 8.61. The van der Waals surface area contributed by atoms with Gasteiger partial charge in [-0.2, -0.15) is 4.99 Å². The zero-order valence-corrected chi connectivity index (χ0v) is 11.9. The van der Waals surface area contributed by atoms with Gasteiger partial charge in [0.2, 0.25) is 0 Å². The smallest absolute Gasteiger partial charge is 0.293 e. The first-order valence-electron chi connectivity index (χ1n) is 6.44. The quantitative estimate of drug-likeness (QED) is 0.757. The van der Waals surface area contributed by atoms with Crippen molar-refractivity contribution in [1.29, 1.82) is 0 Å². The second-order valence-corrected chi connectivity index (χ2v) is 5.74. The van der Waals surface area contributed by atoms with Crippen LogP contribution in [0.25, 0.3) is 0 Å². The SMILES string of the molecule is Cc1cccc(N=C2OC(C)CC(C)(C)N2C)c1. The number of amidine groups is 1. The Kier molecular flexibility index (Phi) is 3.33. The maximum Gasteiger partial charge on any atom is 0.293 e. The molecule has 18 heavy (non-hydrogen) atoms. The van der Waals surface area contributed by atoms with Crippen LogP contribution in [0.15, 0.2) is 29.3 Å². The lowest BCUT2D eigenvalue weighted by Crippen LogP contribution is -2.53. The molecule has 0 radical (unpaired) electrons. The summed E-state index contributed by atoms with van der Waals surface area (Å²) in [4.78, 5) is 6.75. The lowest BCUT2D eigenvalue weighted by atomic mass is 9.94. The highest BCUT2D eigenvalue weighted by molar-refractivity contribution is 5.78. The first-order valence-corrected chi connectivity index (χ1v) is 6.44. The van der Waals surface area contributed by atoms with Crippen LogP contribution in [-0.4, -0.2) is 29.6 Å². The predicted molar refractivity (Wildman–Crippen MR) is 75.3 cm³/mol. The van der Waals surface area contributed by atoms with Crippen molar-refractivity contribution in [2.45, 2.75) is 45.8 Å². The molecule has 1 fully saturated rings. The van der Waals surface area contributed by atoms with Gasteiger partial charge in [0.1, 0.15) is 6.10 Å². The Labute approximate surface area is 109 Å². The Hall–Kier alpha value is -1.51. The number of hydrogen-bond donors (Lipinski definition) is 0. The van der Waals surface area contributed by atoms with E-state index in [9.17, 15) is 0 Å². The lowest BCUT2D eigenvalue weighted by Gasteiger charge is -2.44. The number of nitrogens with zero attached hydrogens (tertiary/aromatic N) is 2. The minimum atomic E-state index is 0.0837. The van der Waals surface area contributed by atoms with E-state index in [2.05, 4.69) is 49.7 Å². The Morgan fingerprint density at radius 1 is 1.39 bits per heavy atom. The van der Waals surface area contributed by atoms with Gasteiger partial charge < -0.3 is 9.64 Å². The molecule has 0 saturated carbocycles. The molecule has 0 N–H and O–H groups in total. The fourth-order valence-corrected chi connectivity index (χ4v) is 2.31. The molecule has 3 nitrogen and oxygen atoms in total. The van der Waals surface area contributed by atoms with Gasteiger partial charge in [-0.15, -0.1) is 0 Å². The fourth-order valence-electron chi connectivity index (χ4n) is 2.31. The molecular weight excluding hydrogens is 224 g/mol. The number of benzene rings is 1. The molecule has 1 aliphatic heterocycles. The molecule has 1 aromatic rings. The van der Waals surface area contributed by atoms with Crippen molar-refractivity contribution >= 4 is 11.7 Å². The third-order valence-electron chi connectivity index (χ3n) is 3.51. The van der Waals surface area contributed by atoms with Gasteiger partial charge in [-0.05, 0) is 45.4 Å². The van der Waals surface area contributed by atoms with Gasteiger partial charge >= 0.3 is 0 Å². The highest BCUT2D eigenvalue weighted by Gasteiger charge is 2.35. The van der Waals surface area contributed by atoms with Gasteiger partial charge in [0.05, 0.1) is 5.69 Å². The number of ether oxygens (including phenoxy) is 1. The van der Waals surface area contributed by atoms with E-state index in [-0.39, 0.29) is 11.6 Å². The number of rotatable bonds is 1. The molecule has 0 aliphatic carbocycles. The van der Waals surface area contributed by atoms with E-state index in [4.69, 9.17) is 4.74 Å². The summed E-state index contributed by atoms with van der Waals surface area (Å²) in [5.74, 6) is 0. The zero-order valence-electron chi connectivity index (χ0n) is 11.9. The van der Waals surface area contributed by atoms with Crippen LogP contribution < -0.4 is 0 Å². The van der Waals surface area contributed by atoms with Gasteiger partial charge in [-0.1, -0.05) is 12.1 Å². The highest BCUT2D eigenvalue weighted by Crippen LogP contribution is 2.28. The molecule has 1 aliphatic rings. The van der Waals surface area contributed by atoms with Crippen LogP contribution in [0.5, 0.6) is 0 Å². The van der Waals surface area contributed by atoms with Crippen LogP contribution in [0.3, 0.4) is 0 Å². The molecule has 1 heterocycles. The number of aliphatic imine (C=N–C) groups is 1. The molecule has 0 bridgehead atoms. The summed E-state index contributed by atoms with van der Waals surface area (Å²) in [6.07, 6.45) is 1.22. The molecule has 0 amide bonds. The van der Waals surface area contributed by atoms with Gasteiger partial charge in [0.15, 0.2) is 0 Å². The summed E-state index contributed by atoms with van der Waals surface area (Å²) in [7, 11) is 2.04. The van der Waals surface area contributed by atoms with E-state index in [1.54, 1.807) is 0 Å². The predicted octanol–water partition coefficient (Wildman–Crippen LogP) is 3.50. The van der Waals surface area contributed by atoms with Gasteiger partial charge in [-0.25, -0.2) is 0 Å². The second kappa shape index (κ2) is 4.63. The van der Waals surface area contributed by atoms with Crippen molar-refractivity contribution in [1.82, 2.24) is 4.90 Å². The molecule has 0 spiro atoms. The Bertz CT molecular complexity index is 465. The Morgan fingerprint density at radius 3 is 2.78 bits per heavy atom. The standard InChI is InChI=1S/C15H22N2O/c1-11-7-6-8-13(9-11)16-14-17(5)15(3,4)10-12(2)18-14/h6-9,12H,10H2,1-5H3. The zero-order chi connectivity index (χ0) is 13.3. The number of hydrogen-bond acceptors (Lipinski definition) is 2. The second-order valence-electron chi connectivity index (χ2n) is 5.74. The average molecular weight is 246 g/mol. The minimum absolute atomic E-state index is 0.0837. The molecule has 1 aromatic carbocycles. The van der Waals surface area contributed by atoms with Crippen LogP contribution in [-0.2, 0) is 4.74 Å². The molecule has 3 heteroatoms. The van der Waals surface area contributed by atoms with Gasteiger partial charge in [0, 0.05) is 19.0 Å². The largest absolute Gasteiger partial charge is 0.462 e. The van der Waals surface area contributed by atoms with E-state index >= 15 is 0 Å². The highest BCUT2D eigenvalue weighted by atomic mass is 16.5. The topological polar surface area (TPSA) is 24.8 Å². The van der Waals surface area contributed by atoms with Crippen LogP contribution in [0.4, 0.5) is 5.69 Å². The summed E-state index contributed by atoms with van der Waals surface area (Å²) < 4.78 is 5.85. The molecule has 98 valence electrons. The third kappa shape index (κ3) is 2.66. The minimum Gasteiger partial charge on any atom is -0.462 e. The van der Waals surface area contributed by atoms with Crippen molar-refractivity contribution in [3.63, 3.8) is 0 Å². The summed E-state index contributed by atoms with van der Waals surface area (Å²) in [5, 5.41) is 0. The maximum atomic E-state index is 5.85. The van der Waals surface area contributed by atoms with Crippen molar-refractivity contribution < 1.29 is 4.74 Å². The molecule has 1 unspecified atom stereocenters. The van der Waals surface area contributed by atoms with E-state index in [1.165, 1.54) is 5.56 Å². The maximum absolute atomic E-state index is 5.85. The van der Waals surface area contributed by atoms with Crippen LogP contribution >= 0.6 is 0 Å². The monoisotopic (exact) mass is 246 g/mol. The Balaban J connectivity index is 2.31. The van der Waals surface area contributed by atoms with Crippen molar-refractivity contribution in [3.05, 3.63) is 29.8 Å². The van der Waals surface area contributed by atoms with Gasteiger partial charge in [-0.3, -0.25) is 0 Å². The summed E-state index contributed by atoms with van der Waals surface area (Å²) >= 11 is 0. The molecular formula is C15H22N2O. The summed E-state index contributed by atoms with van der Waals surface area (Å²) in [5.41, 5.74) is 2.24. The average Bonchev–Trinajstić information content (AvgIpc) is 2.24. The first kappa shape index (κ1) is 12.9. The van der Waals surface area contributed by atoms with E-state index in [1.807, 2.05) is 19.2 Å². The van der Waals surface area contributed by atoms with Crippen molar-refractivity contribution in [2.24, 2.45) is 4.99 Å². The molecule has 0 aromatic heterocycles. The lowest BCUT2D eigenvalue weighted by molar-refractivity contribution is 0.0404. The van der Waals surface area contributed by atoms with Crippen molar-refractivity contribution in [2.75, 3.05) is 7.05 Å². The molecule has 1 atom stereocenters. The van der Waals surface area contributed by atoms with E-state index in [0.717, 1.165) is 12.1 Å². The van der Waals surface area contributed by atoms with Crippen LogP contribution in [0.2, 0.25) is 0 Å². The van der Waals surface area contributed by atoms with Gasteiger partial charge in [0.25, 0.3) is 6.02 Å². The van der Waals surface area contributed by atoms with Crippen LogP contribution in [0.1, 0.15) is 32.8 Å². The third-order valence-corrected chi connectivity index (χ3v) is 3.51. The Morgan fingerprint density at radius 2 is 2.11 bits per heavy atom. The molecule has 1 saturated heterocycles. The first-order chi connectivity index (χ1) is 8.38. The number of aryl methyl sites for hydroxylation is 1. The van der Waals surface area contributed by atoms with E-state index < -0.39 is 0 Å². The normalized spacial score (nSPS) is 25.1. The van der Waals surface area contributed by atoms with Crippen LogP contribution in [0, 0.1) is 6.92 Å². The fraction of sp³-hybridized carbons (Fsp3) is 0.533. The van der Waals surface area contributed by atoms with Crippen molar-refractivity contribution in [3.8, 4) is 0 Å². The van der Waals surface area contributed by atoms with E-state index in [0.29, 0.717) is 6.02 Å².